The average molecular weight is 326 g/mol. The first-order chi connectivity index (χ1) is 11.0. The van der Waals surface area contributed by atoms with Gasteiger partial charge >= 0.3 is 0 Å². The number of rotatable bonds is 4. The molecule has 2 N–H and O–H groups in total. The maximum absolute atomic E-state index is 11.1. The van der Waals surface area contributed by atoms with Crippen LogP contribution in [0.1, 0.15) is 15.9 Å². The Hall–Kier alpha value is -2.59. The lowest BCUT2D eigenvalue weighted by Crippen LogP contribution is -2.18. The number of anilines is 1. The minimum absolute atomic E-state index is 0.423. The average Bonchev–Trinajstić information content (AvgIpc) is 2.55. The van der Waals surface area contributed by atoms with E-state index in [0.29, 0.717) is 17.3 Å². The van der Waals surface area contributed by atoms with Gasteiger partial charge in [0, 0.05) is 24.5 Å². The van der Waals surface area contributed by atoms with Crippen molar-refractivity contribution in [2.75, 3.05) is 11.9 Å². The van der Waals surface area contributed by atoms with Crippen LogP contribution in [0, 0.1) is 0 Å². The first-order valence-electron chi connectivity index (χ1n) is 7.20. The summed E-state index contributed by atoms with van der Waals surface area (Å²) in [5, 5.41) is 2.49. The monoisotopic (exact) mass is 325 g/mol. The molecule has 1 heterocycles. The van der Waals surface area contributed by atoms with Crippen LogP contribution in [-0.2, 0) is 6.54 Å². The van der Waals surface area contributed by atoms with Crippen molar-refractivity contribution in [1.82, 2.24) is 4.98 Å². The number of primary amides is 1. The molecular weight excluding hydrogens is 310 g/mol. The van der Waals surface area contributed by atoms with Crippen LogP contribution in [0.3, 0.4) is 0 Å². The highest BCUT2D eigenvalue weighted by atomic mass is 35.5. The van der Waals surface area contributed by atoms with Crippen molar-refractivity contribution < 1.29 is 4.79 Å². The second-order valence-corrected chi connectivity index (χ2v) is 5.77. The SMILES string of the molecule is CN(Cc1ccc(C(N)=O)cc1)c1cc2ccccc2c(Cl)n1. The number of nitrogens with two attached hydrogens (primary N) is 1. The van der Waals surface area contributed by atoms with Crippen LogP contribution in [0.15, 0.2) is 54.6 Å². The molecule has 0 aliphatic rings. The van der Waals surface area contributed by atoms with Crippen LogP contribution in [-0.4, -0.2) is 17.9 Å². The van der Waals surface area contributed by atoms with Crippen LogP contribution < -0.4 is 10.6 Å². The quantitative estimate of drug-likeness (QED) is 0.745. The number of benzene rings is 2. The Morgan fingerprint density at radius 2 is 1.87 bits per heavy atom. The van der Waals surface area contributed by atoms with E-state index in [1.54, 1.807) is 12.1 Å². The molecule has 0 unspecified atom stereocenters. The van der Waals surface area contributed by atoms with Crippen LogP contribution in [0.2, 0.25) is 5.15 Å². The summed E-state index contributed by atoms with van der Waals surface area (Å²) in [6, 6.07) is 17.1. The zero-order chi connectivity index (χ0) is 16.4. The van der Waals surface area contributed by atoms with Crippen LogP contribution in [0.4, 0.5) is 5.82 Å². The van der Waals surface area contributed by atoms with Gasteiger partial charge in [-0.25, -0.2) is 4.98 Å². The standard InChI is InChI=1S/C18H16ClN3O/c1-22(11-12-6-8-13(9-7-12)18(20)23)16-10-14-4-2-3-5-15(14)17(19)21-16/h2-10H,11H2,1H3,(H2,20,23). The molecule has 4 nitrogen and oxygen atoms in total. The Balaban J connectivity index is 1.85. The molecule has 23 heavy (non-hydrogen) atoms. The molecule has 0 fully saturated rings. The highest BCUT2D eigenvalue weighted by molar-refractivity contribution is 6.34. The van der Waals surface area contributed by atoms with Crippen LogP contribution >= 0.6 is 11.6 Å². The molecule has 1 aromatic heterocycles. The summed E-state index contributed by atoms with van der Waals surface area (Å²) in [6.07, 6.45) is 0. The minimum Gasteiger partial charge on any atom is -0.366 e. The molecule has 0 spiro atoms. The second kappa shape index (κ2) is 6.26. The summed E-state index contributed by atoms with van der Waals surface area (Å²) in [4.78, 5) is 17.6. The number of amides is 1. The number of nitrogens with zero attached hydrogens (tertiary/aromatic N) is 2. The zero-order valence-corrected chi connectivity index (χ0v) is 13.4. The van der Waals surface area contributed by atoms with Gasteiger partial charge < -0.3 is 10.6 Å². The van der Waals surface area contributed by atoms with E-state index in [1.165, 1.54) is 0 Å². The van der Waals surface area contributed by atoms with Crippen molar-refractivity contribution in [1.29, 1.82) is 0 Å². The summed E-state index contributed by atoms with van der Waals surface area (Å²) >= 11 is 6.28. The number of carbonyl (C=O) groups is 1. The van der Waals surface area contributed by atoms with Gasteiger partial charge in [-0.3, -0.25) is 4.79 Å². The number of hydrogen-bond acceptors (Lipinski definition) is 3. The van der Waals surface area contributed by atoms with Crippen LogP contribution in [0.25, 0.3) is 10.8 Å². The van der Waals surface area contributed by atoms with E-state index >= 15 is 0 Å². The largest absolute Gasteiger partial charge is 0.366 e. The number of fused-ring (bicyclic) bond motifs is 1. The van der Waals surface area contributed by atoms with E-state index < -0.39 is 5.91 Å². The Labute approximate surface area is 139 Å². The molecule has 0 atom stereocenters. The molecule has 1 amide bonds. The fourth-order valence-electron chi connectivity index (χ4n) is 2.47. The normalized spacial score (nSPS) is 10.7. The molecule has 3 aromatic rings. The lowest BCUT2D eigenvalue weighted by molar-refractivity contribution is 0.100. The second-order valence-electron chi connectivity index (χ2n) is 5.41. The summed E-state index contributed by atoms with van der Waals surface area (Å²) in [7, 11) is 1.95. The number of pyridine rings is 1. The highest BCUT2D eigenvalue weighted by Gasteiger charge is 2.09. The molecule has 0 radical (unpaired) electrons. The lowest BCUT2D eigenvalue weighted by atomic mass is 10.1. The van der Waals surface area contributed by atoms with E-state index in [-0.39, 0.29) is 0 Å². The first kappa shape index (κ1) is 15.3. The van der Waals surface area contributed by atoms with Crippen molar-refractivity contribution >= 4 is 34.1 Å². The van der Waals surface area contributed by atoms with Crippen molar-refractivity contribution in [3.8, 4) is 0 Å². The summed E-state index contributed by atoms with van der Waals surface area (Å²) in [5.41, 5.74) is 6.81. The Morgan fingerprint density at radius 1 is 1.17 bits per heavy atom. The first-order valence-corrected chi connectivity index (χ1v) is 7.57. The van der Waals surface area contributed by atoms with Gasteiger partial charge in [0.25, 0.3) is 0 Å². The smallest absolute Gasteiger partial charge is 0.248 e. The van der Waals surface area contributed by atoms with Gasteiger partial charge in [0.1, 0.15) is 11.0 Å². The van der Waals surface area contributed by atoms with Gasteiger partial charge in [-0.05, 0) is 29.1 Å². The molecular formula is C18H16ClN3O. The van der Waals surface area contributed by atoms with Crippen molar-refractivity contribution in [2.45, 2.75) is 6.54 Å². The Morgan fingerprint density at radius 3 is 2.57 bits per heavy atom. The Bertz CT molecular complexity index is 862. The molecule has 0 saturated carbocycles. The van der Waals surface area contributed by atoms with Crippen LogP contribution in [0.5, 0.6) is 0 Å². The number of halogens is 1. The predicted molar refractivity (Wildman–Crippen MR) is 93.8 cm³/mol. The topological polar surface area (TPSA) is 59.2 Å². The maximum Gasteiger partial charge on any atom is 0.248 e. The number of hydrogen-bond donors (Lipinski definition) is 1. The van der Waals surface area contributed by atoms with E-state index in [2.05, 4.69) is 4.98 Å². The summed E-state index contributed by atoms with van der Waals surface area (Å²) in [5.74, 6) is 0.376. The molecule has 3 rings (SSSR count). The summed E-state index contributed by atoms with van der Waals surface area (Å²) in [6.45, 7) is 0.653. The minimum atomic E-state index is -0.423. The predicted octanol–water partition coefficient (Wildman–Crippen LogP) is 3.62. The molecule has 5 heteroatoms. The number of carbonyl (C=O) groups excluding carboxylic acids is 1. The van der Waals surface area contributed by atoms with Gasteiger partial charge in [0.15, 0.2) is 0 Å². The third-order valence-electron chi connectivity index (χ3n) is 3.73. The van der Waals surface area contributed by atoms with Crippen molar-refractivity contribution in [2.24, 2.45) is 5.73 Å². The molecule has 2 aromatic carbocycles. The molecule has 0 saturated heterocycles. The lowest BCUT2D eigenvalue weighted by Gasteiger charge is -2.19. The molecule has 0 aliphatic carbocycles. The van der Waals surface area contributed by atoms with E-state index in [0.717, 1.165) is 22.2 Å². The fourth-order valence-corrected chi connectivity index (χ4v) is 2.73. The molecule has 0 aliphatic heterocycles. The van der Waals surface area contributed by atoms with Gasteiger partial charge in [-0.15, -0.1) is 0 Å². The fraction of sp³-hybridized carbons (Fsp3) is 0.111. The third kappa shape index (κ3) is 3.27. The summed E-state index contributed by atoms with van der Waals surface area (Å²) < 4.78 is 0. The molecule has 0 bridgehead atoms. The highest BCUT2D eigenvalue weighted by Crippen LogP contribution is 2.26. The van der Waals surface area contributed by atoms with Gasteiger partial charge in [0.05, 0.1) is 0 Å². The maximum atomic E-state index is 11.1. The zero-order valence-electron chi connectivity index (χ0n) is 12.7. The molecule has 116 valence electrons. The van der Waals surface area contributed by atoms with Crippen molar-refractivity contribution in [3.63, 3.8) is 0 Å². The van der Waals surface area contributed by atoms with Gasteiger partial charge in [-0.1, -0.05) is 48.0 Å². The van der Waals surface area contributed by atoms with E-state index in [4.69, 9.17) is 17.3 Å². The Kier molecular flexibility index (Phi) is 4.17. The van der Waals surface area contributed by atoms with Gasteiger partial charge in [-0.2, -0.15) is 0 Å². The van der Waals surface area contributed by atoms with Gasteiger partial charge in [0.2, 0.25) is 5.91 Å². The van der Waals surface area contributed by atoms with E-state index in [1.807, 2.05) is 54.4 Å². The van der Waals surface area contributed by atoms with Crippen molar-refractivity contribution in [3.05, 3.63) is 70.9 Å². The number of aromatic nitrogens is 1. The van der Waals surface area contributed by atoms with E-state index in [9.17, 15) is 4.79 Å². The third-order valence-corrected chi connectivity index (χ3v) is 4.02.